The number of para-hydroxylation sites is 1. The molecule has 0 unspecified atom stereocenters. The van der Waals surface area contributed by atoms with E-state index >= 15 is 0 Å². The van der Waals surface area contributed by atoms with E-state index in [9.17, 15) is 14.7 Å². The van der Waals surface area contributed by atoms with Gasteiger partial charge in [0.2, 0.25) is 5.88 Å². The summed E-state index contributed by atoms with van der Waals surface area (Å²) in [5, 5.41) is 9.38. The maximum absolute atomic E-state index is 12.6. The third-order valence-corrected chi connectivity index (χ3v) is 4.66. The summed E-state index contributed by atoms with van der Waals surface area (Å²) in [6.45, 7) is 1.15. The molecule has 0 aliphatic carbocycles. The van der Waals surface area contributed by atoms with Gasteiger partial charge >= 0.3 is 6.09 Å². The van der Waals surface area contributed by atoms with Crippen molar-refractivity contribution in [2.24, 2.45) is 0 Å². The Morgan fingerprint density at radius 1 is 1.13 bits per heavy atom. The molecule has 1 N–H and O–H groups in total. The van der Waals surface area contributed by atoms with Gasteiger partial charge in [-0.05, 0) is 40.8 Å². The molecule has 0 aliphatic rings. The molecule has 0 radical (unpaired) electrons. The van der Waals surface area contributed by atoms with Gasteiger partial charge in [-0.1, -0.05) is 24.3 Å². The van der Waals surface area contributed by atoms with Crippen LogP contribution in [-0.4, -0.2) is 66.9 Å². The van der Waals surface area contributed by atoms with Crippen molar-refractivity contribution in [1.82, 2.24) is 9.88 Å². The summed E-state index contributed by atoms with van der Waals surface area (Å²) in [5.74, 6) is 0.186. The molecule has 8 nitrogen and oxygen atoms in total. The van der Waals surface area contributed by atoms with Crippen molar-refractivity contribution < 1.29 is 24.2 Å². The maximum atomic E-state index is 12.6. The van der Waals surface area contributed by atoms with Gasteiger partial charge in [0.1, 0.15) is 6.61 Å². The highest BCUT2D eigenvalue weighted by molar-refractivity contribution is 14.1. The fraction of sp³-hybridized carbons (Fsp3) is 0.286. The molecule has 0 fully saturated rings. The molecular weight excluding hydrogens is 501 g/mol. The van der Waals surface area contributed by atoms with E-state index in [4.69, 9.17) is 9.47 Å². The number of nitrogens with zero attached hydrogens (tertiary/aromatic N) is 3. The molecule has 0 aliphatic heterocycles. The van der Waals surface area contributed by atoms with Gasteiger partial charge in [0.25, 0.3) is 5.91 Å². The first-order valence-corrected chi connectivity index (χ1v) is 10.3. The number of hydrogen-bond acceptors (Lipinski definition) is 5. The normalized spacial score (nSPS) is 10.7. The van der Waals surface area contributed by atoms with Gasteiger partial charge in [-0.3, -0.25) is 4.79 Å². The van der Waals surface area contributed by atoms with E-state index in [2.05, 4.69) is 27.6 Å². The Labute approximate surface area is 189 Å². The molecule has 30 heavy (non-hydrogen) atoms. The summed E-state index contributed by atoms with van der Waals surface area (Å²) >= 11 is 2.14. The second-order valence-electron chi connectivity index (χ2n) is 6.11. The fourth-order valence-corrected chi connectivity index (χ4v) is 2.82. The number of carbonyl (C=O) groups excluding carboxylic acids is 1. The van der Waals surface area contributed by atoms with E-state index in [1.807, 2.05) is 36.4 Å². The minimum absolute atomic E-state index is 0.0669. The van der Waals surface area contributed by atoms with Crippen molar-refractivity contribution in [3.05, 3.63) is 64.4 Å². The van der Waals surface area contributed by atoms with Crippen LogP contribution in [0.2, 0.25) is 0 Å². The molecule has 1 heterocycles. The van der Waals surface area contributed by atoms with Crippen molar-refractivity contribution in [2.75, 3.05) is 44.9 Å². The average molecular weight is 525 g/mol. The number of benzene rings is 1. The molecule has 2 aromatic rings. The van der Waals surface area contributed by atoms with E-state index in [1.54, 1.807) is 24.3 Å². The Bertz CT molecular complexity index is 830. The lowest BCUT2D eigenvalue weighted by molar-refractivity contribution is -0.114. The van der Waals surface area contributed by atoms with Crippen molar-refractivity contribution in [3.8, 4) is 5.88 Å². The number of anilines is 1. The second-order valence-corrected chi connectivity index (χ2v) is 7.36. The quantitative estimate of drug-likeness (QED) is 0.358. The number of aromatic nitrogens is 1. The lowest BCUT2D eigenvalue weighted by Crippen LogP contribution is -2.34. The minimum Gasteiger partial charge on any atom is -0.476 e. The van der Waals surface area contributed by atoms with Crippen molar-refractivity contribution in [3.63, 3.8) is 0 Å². The molecule has 160 valence electrons. The average Bonchev–Trinajstić information content (AvgIpc) is 2.75. The zero-order valence-electron chi connectivity index (χ0n) is 16.6. The van der Waals surface area contributed by atoms with Gasteiger partial charge in [0, 0.05) is 47.8 Å². The van der Waals surface area contributed by atoms with E-state index in [0.29, 0.717) is 19.0 Å². The Balaban J connectivity index is 1.90. The second kappa shape index (κ2) is 12.8. The van der Waals surface area contributed by atoms with Crippen LogP contribution in [0.25, 0.3) is 0 Å². The number of ether oxygens (including phenoxy) is 2. The maximum Gasteiger partial charge on any atom is 0.407 e. The molecule has 0 spiro atoms. The molecular formula is C21H24IN3O5. The Morgan fingerprint density at radius 3 is 2.53 bits per heavy atom. The van der Waals surface area contributed by atoms with Crippen LogP contribution in [0, 0.1) is 3.57 Å². The number of hydrogen-bond donors (Lipinski definition) is 1. The predicted octanol–water partition coefficient (Wildman–Crippen LogP) is 3.28. The molecule has 1 aromatic heterocycles. The van der Waals surface area contributed by atoms with E-state index in [-0.39, 0.29) is 25.6 Å². The monoisotopic (exact) mass is 525 g/mol. The lowest BCUT2D eigenvalue weighted by atomic mass is 10.2. The van der Waals surface area contributed by atoms with Crippen LogP contribution in [0.3, 0.4) is 0 Å². The number of amides is 2. The number of pyridine rings is 1. The predicted molar refractivity (Wildman–Crippen MR) is 122 cm³/mol. The van der Waals surface area contributed by atoms with Crippen LogP contribution in [0.4, 0.5) is 10.5 Å². The topological polar surface area (TPSA) is 92.2 Å². The summed E-state index contributed by atoms with van der Waals surface area (Å²) < 4.78 is 11.5. The third kappa shape index (κ3) is 7.99. The van der Waals surface area contributed by atoms with Crippen molar-refractivity contribution in [1.29, 1.82) is 0 Å². The largest absolute Gasteiger partial charge is 0.476 e. The van der Waals surface area contributed by atoms with Crippen molar-refractivity contribution >= 4 is 40.3 Å². The SMILES string of the molecule is COCCN(C(=O)/C=C/CN(CCOc1ccc(I)cn1)C(=O)O)c1ccccc1. The lowest BCUT2D eigenvalue weighted by Gasteiger charge is -2.21. The smallest absolute Gasteiger partial charge is 0.407 e. The van der Waals surface area contributed by atoms with Gasteiger partial charge in [0.05, 0.1) is 13.2 Å². The van der Waals surface area contributed by atoms with E-state index in [0.717, 1.165) is 9.26 Å². The van der Waals surface area contributed by atoms with Crippen LogP contribution in [0.15, 0.2) is 60.8 Å². The Hall–Kier alpha value is -2.66. The van der Waals surface area contributed by atoms with Crippen LogP contribution in [0.1, 0.15) is 0 Å². The zero-order valence-corrected chi connectivity index (χ0v) is 18.8. The van der Waals surface area contributed by atoms with Crippen LogP contribution >= 0.6 is 22.6 Å². The van der Waals surface area contributed by atoms with Crippen LogP contribution < -0.4 is 9.64 Å². The first-order valence-electron chi connectivity index (χ1n) is 9.25. The van der Waals surface area contributed by atoms with Crippen molar-refractivity contribution in [2.45, 2.75) is 0 Å². The molecule has 0 bridgehead atoms. The van der Waals surface area contributed by atoms with Gasteiger partial charge in [0.15, 0.2) is 0 Å². The minimum atomic E-state index is -1.09. The highest BCUT2D eigenvalue weighted by Gasteiger charge is 2.14. The number of carboxylic acid groups (broad SMARTS) is 1. The summed E-state index contributed by atoms with van der Waals surface area (Å²) in [4.78, 5) is 30.9. The molecule has 2 rings (SSSR count). The summed E-state index contributed by atoms with van der Waals surface area (Å²) in [6, 6.07) is 12.8. The van der Waals surface area contributed by atoms with Gasteiger partial charge < -0.3 is 24.4 Å². The summed E-state index contributed by atoms with van der Waals surface area (Å²) in [6.07, 6.45) is 3.48. The highest BCUT2D eigenvalue weighted by atomic mass is 127. The number of methoxy groups -OCH3 is 1. The Morgan fingerprint density at radius 2 is 1.90 bits per heavy atom. The summed E-state index contributed by atoms with van der Waals surface area (Å²) in [7, 11) is 1.57. The van der Waals surface area contributed by atoms with Gasteiger partial charge in [-0.25, -0.2) is 9.78 Å². The van der Waals surface area contributed by atoms with E-state index < -0.39 is 6.09 Å². The van der Waals surface area contributed by atoms with Crippen LogP contribution in [-0.2, 0) is 9.53 Å². The molecule has 0 saturated heterocycles. The van der Waals surface area contributed by atoms with Gasteiger partial charge in [-0.2, -0.15) is 0 Å². The number of rotatable bonds is 11. The Kier molecular flexibility index (Phi) is 10.1. The number of carbonyl (C=O) groups is 2. The molecule has 1 aromatic carbocycles. The molecule has 9 heteroatoms. The standard InChI is InChI=1S/C21H24IN3O5/c1-29-14-13-25(18-6-3-2-4-7-18)20(26)8-5-11-24(21(27)28)12-15-30-19-10-9-17(22)16-23-19/h2-10,16H,11-15H2,1H3,(H,27,28)/b8-5+. The van der Waals surface area contributed by atoms with Gasteiger partial charge in [-0.15, -0.1) is 0 Å². The zero-order chi connectivity index (χ0) is 21.8. The number of halogens is 1. The molecule has 0 atom stereocenters. The summed E-state index contributed by atoms with van der Waals surface area (Å²) in [5.41, 5.74) is 0.748. The highest BCUT2D eigenvalue weighted by Crippen LogP contribution is 2.14. The molecule has 0 saturated carbocycles. The first-order chi connectivity index (χ1) is 14.5. The van der Waals surface area contributed by atoms with Crippen LogP contribution in [0.5, 0.6) is 5.88 Å². The van der Waals surface area contributed by atoms with E-state index in [1.165, 1.54) is 17.1 Å². The first kappa shape index (κ1) is 23.6. The fourth-order valence-electron chi connectivity index (χ4n) is 2.50. The molecule has 2 amide bonds. The third-order valence-electron chi connectivity index (χ3n) is 4.02.